The Morgan fingerprint density at radius 3 is 2.32 bits per heavy atom. The van der Waals surface area contributed by atoms with E-state index in [9.17, 15) is 13.2 Å². The number of benzene rings is 2. The smallest absolute Gasteiger partial charge is 0.240 e. The number of ether oxygens (including phenoxy) is 2. The molecule has 152 valence electrons. The molecule has 0 aliphatic rings. The number of nitrogens with one attached hydrogen (secondary N) is 2. The summed E-state index contributed by atoms with van der Waals surface area (Å²) in [5, 5.41) is 2.79. The second-order valence-electron chi connectivity index (χ2n) is 6.22. The Balaban J connectivity index is 1.74. The van der Waals surface area contributed by atoms with Crippen LogP contribution in [0.4, 0.5) is 0 Å². The average molecular weight is 407 g/mol. The van der Waals surface area contributed by atoms with Gasteiger partial charge >= 0.3 is 0 Å². The highest BCUT2D eigenvalue weighted by atomic mass is 32.2. The van der Waals surface area contributed by atoms with Gasteiger partial charge in [0.1, 0.15) is 5.75 Å². The second-order valence-corrected chi connectivity index (χ2v) is 7.99. The van der Waals surface area contributed by atoms with Crippen molar-refractivity contribution in [3.05, 3.63) is 59.7 Å². The van der Waals surface area contributed by atoms with Gasteiger partial charge in [-0.05, 0) is 36.8 Å². The molecule has 0 bridgehead atoms. The Bertz CT molecular complexity index is 849. The summed E-state index contributed by atoms with van der Waals surface area (Å²) in [5.74, 6) is 0.597. The quantitative estimate of drug-likeness (QED) is 0.557. The maximum absolute atomic E-state index is 12.1. The van der Waals surface area contributed by atoms with E-state index < -0.39 is 10.0 Å². The fraction of sp³-hybridized carbons (Fsp3) is 0.350. The largest absolute Gasteiger partial charge is 0.493 e. The van der Waals surface area contributed by atoms with Gasteiger partial charge in [0, 0.05) is 20.2 Å². The molecular weight excluding hydrogens is 380 g/mol. The van der Waals surface area contributed by atoms with E-state index >= 15 is 0 Å². The van der Waals surface area contributed by atoms with E-state index in [1.165, 1.54) is 19.2 Å². The monoisotopic (exact) mass is 406 g/mol. The van der Waals surface area contributed by atoms with E-state index in [1.54, 1.807) is 12.1 Å². The predicted octanol–water partition coefficient (Wildman–Crippen LogP) is 2.01. The van der Waals surface area contributed by atoms with E-state index in [0.717, 1.165) is 16.9 Å². The number of amides is 1. The first-order valence-corrected chi connectivity index (χ1v) is 10.4. The van der Waals surface area contributed by atoms with Crippen LogP contribution in [0.3, 0.4) is 0 Å². The van der Waals surface area contributed by atoms with Gasteiger partial charge in [0.15, 0.2) is 0 Å². The summed E-state index contributed by atoms with van der Waals surface area (Å²) in [4.78, 5) is 12.1. The number of methoxy groups -OCH3 is 1. The maximum atomic E-state index is 12.1. The van der Waals surface area contributed by atoms with Gasteiger partial charge in [0.25, 0.3) is 0 Å². The molecule has 1 amide bonds. The highest BCUT2D eigenvalue weighted by molar-refractivity contribution is 7.89. The third-order valence-corrected chi connectivity index (χ3v) is 5.42. The van der Waals surface area contributed by atoms with Crippen LogP contribution in [0.25, 0.3) is 0 Å². The summed E-state index contributed by atoms with van der Waals surface area (Å²) in [7, 11) is -2.05. The molecule has 0 aromatic heterocycles. The molecule has 0 saturated carbocycles. The van der Waals surface area contributed by atoms with Gasteiger partial charge in [-0.3, -0.25) is 4.79 Å². The van der Waals surface area contributed by atoms with Crippen molar-refractivity contribution < 1.29 is 22.7 Å². The van der Waals surface area contributed by atoms with Crippen LogP contribution in [0, 0.1) is 6.92 Å². The standard InChI is InChI=1S/C20H26N2O5S/c1-16-3-7-18(8-4-16)27-13-11-20(23)21-15-17-5-9-19(10-6-17)28(24,25)22-12-14-26-2/h3-10,22H,11-15H2,1-2H3,(H,21,23). The topological polar surface area (TPSA) is 93.7 Å². The van der Waals surface area contributed by atoms with Crippen LogP contribution in [0.5, 0.6) is 5.75 Å². The van der Waals surface area contributed by atoms with Crippen molar-refractivity contribution in [1.82, 2.24) is 10.0 Å². The molecule has 0 unspecified atom stereocenters. The van der Waals surface area contributed by atoms with Crippen LogP contribution in [-0.2, 0) is 26.1 Å². The van der Waals surface area contributed by atoms with Gasteiger partial charge in [-0.2, -0.15) is 0 Å². The van der Waals surface area contributed by atoms with E-state index in [2.05, 4.69) is 10.0 Å². The van der Waals surface area contributed by atoms with Crippen LogP contribution in [0.1, 0.15) is 17.5 Å². The number of aryl methyl sites for hydroxylation is 1. The normalized spacial score (nSPS) is 11.2. The maximum Gasteiger partial charge on any atom is 0.240 e. The molecule has 0 aliphatic heterocycles. The Labute approximate surface area is 166 Å². The van der Waals surface area contributed by atoms with Gasteiger partial charge in [0.2, 0.25) is 15.9 Å². The van der Waals surface area contributed by atoms with Crippen LogP contribution in [0.2, 0.25) is 0 Å². The Kier molecular flexibility index (Phi) is 8.43. The van der Waals surface area contributed by atoms with Gasteiger partial charge < -0.3 is 14.8 Å². The summed E-state index contributed by atoms with van der Waals surface area (Å²) in [5.41, 5.74) is 1.96. The van der Waals surface area contributed by atoms with Gasteiger partial charge in [-0.15, -0.1) is 0 Å². The number of rotatable bonds is 11. The first kappa shape index (κ1) is 21.9. The molecule has 0 fully saturated rings. The lowest BCUT2D eigenvalue weighted by Gasteiger charge is -2.09. The van der Waals surface area contributed by atoms with Crippen LogP contribution >= 0.6 is 0 Å². The van der Waals surface area contributed by atoms with Crippen LogP contribution < -0.4 is 14.8 Å². The zero-order valence-corrected chi connectivity index (χ0v) is 16.9. The summed E-state index contributed by atoms with van der Waals surface area (Å²) in [6.07, 6.45) is 0.240. The molecule has 0 spiro atoms. The molecule has 0 radical (unpaired) electrons. The minimum atomic E-state index is -3.56. The highest BCUT2D eigenvalue weighted by Crippen LogP contribution is 2.12. The van der Waals surface area contributed by atoms with Crippen molar-refractivity contribution in [1.29, 1.82) is 0 Å². The summed E-state index contributed by atoms with van der Waals surface area (Å²) in [6, 6.07) is 14.0. The second kappa shape index (κ2) is 10.8. The van der Waals surface area contributed by atoms with Crippen molar-refractivity contribution in [2.24, 2.45) is 0 Å². The lowest BCUT2D eigenvalue weighted by molar-refractivity contribution is -0.121. The van der Waals surface area contributed by atoms with E-state index in [-0.39, 0.29) is 23.8 Å². The van der Waals surface area contributed by atoms with Crippen molar-refractivity contribution in [2.45, 2.75) is 24.8 Å². The van der Waals surface area contributed by atoms with Crippen molar-refractivity contribution >= 4 is 15.9 Å². The van der Waals surface area contributed by atoms with E-state index in [0.29, 0.717) is 19.8 Å². The number of sulfonamides is 1. The van der Waals surface area contributed by atoms with E-state index in [1.807, 2.05) is 31.2 Å². The third kappa shape index (κ3) is 7.30. The minimum Gasteiger partial charge on any atom is -0.493 e. The summed E-state index contributed by atoms with van der Waals surface area (Å²) >= 11 is 0. The average Bonchev–Trinajstić information content (AvgIpc) is 2.68. The molecular formula is C20H26N2O5S. The lowest BCUT2D eigenvalue weighted by atomic mass is 10.2. The summed E-state index contributed by atoms with van der Waals surface area (Å²) < 4.78 is 37.0. The molecule has 2 aromatic carbocycles. The fourth-order valence-electron chi connectivity index (χ4n) is 2.33. The highest BCUT2D eigenvalue weighted by Gasteiger charge is 2.13. The predicted molar refractivity (Wildman–Crippen MR) is 107 cm³/mol. The first-order valence-electron chi connectivity index (χ1n) is 8.94. The fourth-order valence-corrected chi connectivity index (χ4v) is 3.35. The van der Waals surface area contributed by atoms with E-state index in [4.69, 9.17) is 9.47 Å². The Hall–Kier alpha value is -2.42. The number of hydrogen-bond acceptors (Lipinski definition) is 5. The molecule has 0 aliphatic carbocycles. The van der Waals surface area contributed by atoms with Gasteiger partial charge in [-0.25, -0.2) is 13.1 Å². The molecule has 2 N–H and O–H groups in total. The third-order valence-electron chi connectivity index (χ3n) is 3.94. The van der Waals surface area contributed by atoms with Crippen molar-refractivity contribution in [2.75, 3.05) is 26.9 Å². The van der Waals surface area contributed by atoms with Gasteiger partial charge in [-0.1, -0.05) is 29.8 Å². The molecule has 2 rings (SSSR count). The molecule has 0 saturated heterocycles. The Morgan fingerprint density at radius 2 is 1.68 bits per heavy atom. The first-order chi connectivity index (χ1) is 13.4. The van der Waals surface area contributed by atoms with Crippen LogP contribution in [0.15, 0.2) is 53.4 Å². The molecule has 8 heteroatoms. The summed E-state index contributed by atoms with van der Waals surface area (Å²) in [6.45, 7) is 3.12. The SMILES string of the molecule is COCCNS(=O)(=O)c1ccc(CNC(=O)CCOc2ccc(C)cc2)cc1. The molecule has 2 aromatic rings. The van der Waals surface area contributed by atoms with Crippen molar-refractivity contribution in [3.63, 3.8) is 0 Å². The van der Waals surface area contributed by atoms with Crippen LogP contribution in [-0.4, -0.2) is 41.2 Å². The lowest BCUT2D eigenvalue weighted by Crippen LogP contribution is -2.27. The molecule has 7 nitrogen and oxygen atoms in total. The molecule has 0 atom stereocenters. The molecule has 28 heavy (non-hydrogen) atoms. The van der Waals surface area contributed by atoms with Gasteiger partial charge in [0.05, 0.1) is 24.5 Å². The zero-order chi connectivity index (χ0) is 20.4. The zero-order valence-electron chi connectivity index (χ0n) is 16.1. The number of carbonyl (C=O) groups is 1. The Morgan fingerprint density at radius 1 is 1.00 bits per heavy atom. The number of hydrogen-bond donors (Lipinski definition) is 2. The molecule has 0 heterocycles. The number of carbonyl (C=O) groups excluding carboxylic acids is 1. The van der Waals surface area contributed by atoms with Crippen molar-refractivity contribution in [3.8, 4) is 5.75 Å². The minimum absolute atomic E-state index is 0.134.